The van der Waals surface area contributed by atoms with Gasteiger partial charge in [0, 0.05) is 23.3 Å². The van der Waals surface area contributed by atoms with Crippen LogP contribution in [0.1, 0.15) is 12.8 Å². The van der Waals surface area contributed by atoms with Crippen LogP contribution in [0.2, 0.25) is 0 Å². The van der Waals surface area contributed by atoms with Gasteiger partial charge in [0.15, 0.2) is 0 Å². The van der Waals surface area contributed by atoms with Crippen molar-refractivity contribution in [2.75, 3.05) is 6.54 Å². The summed E-state index contributed by atoms with van der Waals surface area (Å²) in [5.74, 6) is 0.596. The third-order valence-electron chi connectivity index (χ3n) is 2.34. The van der Waals surface area contributed by atoms with Crippen molar-refractivity contribution >= 4 is 19.9 Å². The van der Waals surface area contributed by atoms with Crippen LogP contribution in [0, 0.1) is 5.92 Å². The molecule has 58 valence electrons. The fourth-order valence-electron chi connectivity index (χ4n) is 1.76. The average molecular weight is 182 g/mol. The monoisotopic (exact) mass is 181 g/mol. The van der Waals surface area contributed by atoms with Gasteiger partial charge in [0.2, 0.25) is 0 Å². The van der Waals surface area contributed by atoms with Crippen molar-refractivity contribution in [3.05, 3.63) is 0 Å². The van der Waals surface area contributed by atoms with E-state index in [2.05, 4.69) is 0 Å². The summed E-state index contributed by atoms with van der Waals surface area (Å²) >= 11 is 0. The highest BCUT2D eigenvalue weighted by Gasteiger charge is 2.47. The first kappa shape index (κ1) is 6.88. The summed E-state index contributed by atoms with van der Waals surface area (Å²) in [6.45, 7) is 0.649. The van der Waals surface area contributed by atoms with E-state index < -0.39 is 9.24 Å². The zero-order chi connectivity index (χ0) is 7.35. The van der Waals surface area contributed by atoms with Gasteiger partial charge in [0.05, 0.1) is 0 Å². The molecule has 2 saturated heterocycles. The van der Waals surface area contributed by atoms with Crippen LogP contribution in [-0.2, 0) is 9.24 Å². The standard InChI is InChI=1S/C5H8ClNO2S/c6-10(8,9)7-3-4-1-5(7)2-4/h4-5H,1-3H2. The molecule has 0 atom stereocenters. The maximum atomic E-state index is 10.8. The molecule has 3 aliphatic rings. The Kier molecular flexibility index (Phi) is 1.29. The topological polar surface area (TPSA) is 37.4 Å². The number of halogens is 1. The zero-order valence-corrected chi connectivity index (χ0v) is 6.90. The van der Waals surface area contributed by atoms with E-state index in [0.717, 1.165) is 12.8 Å². The Hall–Kier alpha value is 0.200. The number of fused-ring (bicyclic) bond motifs is 1. The first-order valence-electron chi connectivity index (χ1n) is 3.29. The van der Waals surface area contributed by atoms with E-state index in [-0.39, 0.29) is 6.04 Å². The molecule has 10 heavy (non-hydrogen) atoms. The highest BCUT2D eigenvalue weighted by Crippen LogP contribution is 2.42. The molecule has 0 unspecified atom stereocenters. The van der Waals surface area contributed by atoms with Crippen molar-refractivity contribution in [1.82, 2.24) is 4.31 Å². The van der Waals surface area contributed by atoms with Crippen LogP contribution in [0.15, 0.2) is 0 Å². The predicted molar refractivity (Wildman–Crippen MR) is 38.0 cm³/mol. The smallest absolute Gasteiger partial charge is 0.195 e. The molecule has 2 aliphatic heterocycles. The molecule has 1 saturated carbocycles. The van der Waals surface area contributed by atoms with Crippen LogP contribution >= 0.6 is 10.7 Å². The zero-order valence-electron chi connectivity index (χ0n) is 5.33. The second-order valence-corrected chi connectivity index (χ2v) is 5.47. The van der Waals surface area contributed by atoms with E-state index in [1.165, 1.54) is 4.31 Å². The van der Waals surface area contributed by atoms with Gasteiger partial charge in [-0.3, -0.25) is 0 Å². The van der Waals surface area contributed by atoms with Crippen molar-refractivity contribution in [3.63, 3.8) is 0 Å². The van der Waals surface area contributed by atoms with Crippen LogP contribution in [0.5, 0.6) is 0 Å². The third kappa shape index (κ3) is 0.863. The molecule has 0 spiro atoms. The maximum absolute atomic E-state index is 10.8. The molecule has 3 rings (SSSR count). The molecule has 0 N–H and O–H groups in total. The Labute approximate surface area is 64.5 Å². The molecule has 0 radical (unpaired) electrons. The summed E-state index contributed by atoms with van der Waals surface area (Å²) in [7, 11) is 1.75. The third-order valence-corrected chi connectivity index (χ3v) is 3.88. The highest BCUT2D eigenvalue weighted by atomic mass is 35.7. The lowest BCUT2D eigenvalue weighted by molar-refractivity contribution is 0.329. The summed E-state index contributed by atoms with van der Waals surface area (Å²) in [6.07, 6.45) is 2.04. The average Bonchev–Trinajstić information content (AvgIpc) is 2.07. The molecular formula is C5H8ClNO2S. The Balaban J connectivity index is 2.22. The molecular weight excluding hydrogens is 174 g/mol. The molecule has 3 fully saturated rings. The summed E-state index contributed by atoms with van der Waals surface area (Å²) < 4.78 is 22.9. The van der Waals surface area contributed by atoms with Gasteiger partial charge in [-0.1, -0.05) is 0 Å². The van der Waals surface area contributed by atoms with Crippen LogP contribution in [-0.4, -0.2) is 25.3 Å². The first-order chi connectivity index (χ1) is 4.57. The van der Waals surface area contributed by atoms with Crippen LogP contribution in [0.25, 0.3) is 0 Å². The number of hydrogen-bond donors (Lipinski definition) is 0. The molecule has 0 aromatic rings. The minimum atomic E-state index is -3.40. The first-order valence-corrected chi connectivity index (χ1v) is 5.55. The quantitative estimate of drug-likeness (QED) is 0.555. The predicted octanol–water partition coefficient (Wildman–Crippen LogP) is 0.564. The summed E-state index contributed by atoms with van der Waals surface area (Å²) in [4.78, 5) is 0. The summed E-state index contributed by atoms with van der Waals surface area (Å²) in [5.41, 5.74) is 0. The van der Waals surface area contributed by atoms with Gasteiger partial charge in [-0.2, -0.15) is 12.7 Å². The number of hydrogen-bond acceptors (Lipinski definition) is 2. The molecule has 1 aliphatic carbocycles. The summed E-state index contributed by atoms with van der Waals surface area (Å²) in [5, 5.41) is 0. The number of nitrogens with zero attached hydrogens (tertiary/aromatic N) is 1. The lowest BCUT2D eigenvalue weighted by atomic mass is 9.87. The molecule has 5 heteroatoms. The maximum Gasteiger partial charge on any atom is 0.300 e. The van der Waals surface area contributed by atoms with E-state index in [4.69, 9.17) is 10.7 Å². The molecule has 0 amide bonds. The largest absolute Gasteiger partial charge is 0.300 e. The van der Waals surface area contributed by atoms with Crippen molar-refractivity contribution in [3.8, 4) is 0 Å². The van der Waals surface area contributed by atoms with Gasteiger partial charge in [-0.25, -0.2) is 0 Å². The van der Waals surface area contributed by atoms with Crippen molar-refractivity contribution in [1.29, 1.82) is 0 Å². The van der Waals surface area contributed by atoms with E-state index in [1.54, 1.807) is 0 Å². The Morgan fingerprint density at radius 3 is 2.20 bits per heavy atom. The van der Waals surface area contributed by atoms with Crippen LogP contribution in [0.4, 0.5) is 0 Å². The molecule has 2 heterocycles. The van der Waals surface area contributed by atoms with E-state index in [1.807, 2.05) is 0 Å². The molecule has 3 nitrogen and oxygen atoms in total. The van der Waals surface area contributed by atoms with Crippen molar-refractivity contribution in [2.45, 2.75) is 18.9 Å². The van der Waals surface area contributed by atoms with Crippen LogP contribution < -0.4 is 0 Å². The lowest BCUT2D eigenvalue weighted by Gasteiger charge is -2.23. The minimum Gasteiger partial charge on any atom is -0.195 e. The fraction of sp³-hybridized carbons (Fsp3) is 1.00. The van der Waals surface area contributed by atoms with Gasteiger partial charge in [0.1, 0.15) is 0 Å². The van der Waals surface area contributed by atoms with Crippen LogP contribution in [0.3, 0.4) is 0 Å². The van der Waals surface area contributed by atoms with Gasteiger partial charge >= 0.3 is 0 Å². The van der Waals surface area contributed by atoms with Crippen molar-refractivity contribution < 1.29 is 8.42 Å². The minimum absolute atomic E-state index is 0.229. The van der Waals surface area contributed by atoms with Gasteiger partial charge in [-0.05, 0) is 18.8 Å². The van der Waals surface area contributed by atoms with Gasteiger partial charge in [-0.15, -0.1) is 0 Å². The second kappa shape index (κ2) is 1.87. The Morgan fingerprint density at radius 1 is 1.40 bits per heavy atom. The highest BCUT2D eigenvalue weighted by molar-refractivity contribution is 8.11. The van der Waals surface area contributed by atoms with E-state index in [0.29, 0.717) is 12.5 Å². The number of rotatable bonds is 1. The molecule has 2 bridgehead atoms. The van der Waals surface area contributed by atoms with Gasteiger partial charge in [0.25, 0.3) is 9.24 Å². The molecule has 0 aromatic heterocycles. The van der Waals surface area contributed by atoms with Gasteiger partial charge < -0.3 is 0 Å². The Bertz CT molecular complexity index is 244. The van der Waals surface area contributed by atoms with Crippen molar-refractivity contribution in [2.24, 2.45) is 5.92 Å². The second-order valence-electron chi connectivity index (χ2n) is 3.00. The molecule has 0 aromatic carbocycles. The normalized spacial score (nSPS) is 39.7. The fourth-order valence-corrected chi connectivity index (χ4v) is 3.18. The Morgan fingerprint density at radius 2 is 2.00 bits per heavy atom. The van der Waals surface area contributed by atoms with E-state index in [9.17, 15) is 8.42 Å². The summed E-state index contributed by atoms with van der Waals surface area (Å²) in [6, 6.07) is 0.229. The SMILES string of the molecule is O=S(=O)(Cl)N1CC2CC1C2. The lowest BCUT2D eigenvalue weighted by Crippen LogP contribution is -2.31. The van der Waals surface area contributed by atoms with E-state index >= 15 is 0 Å².